The van der Waals surface area contributed by atoms with Crippen LogP contribution in [0.4, 0.5) is 0 Å². The van der Waals surface area contributed by atoms with E-state index in [0.29, 0.717) is 0 Å². The maximum Gasteiger partial charge on any atom is 0.0884 e. The summed E-state index contributed by atoms with van der Waals surface area (Å²) in [7, 11) is 1.71. The molecule has 0 radical (unpaired) electrons. The molecular formula is C9H18O. The molecule has 0 saturated heterocycles. The summed E-state index contributed by atoms with van der Waals surface area (Å²) < 4.78 is 5.01. The minimum atomic E-state index is 0.782. The van der Waals surface area contributed by atoms with Crippen molar-refractivity contribution in [3.8, 4) is 0 Å². The normalized spacial score (nSPS) is 15.0. The van der Waals surface area contributed by atoms with Gasteiger partial charge in [0, 0.05) is 0 Å². The molecule has 1 nitrogen and oxygen atoms in total. The molecule has 0 aromatic heterocycles. The average molecular weight is 142 g/mol. The van der Waals surface area contributed by atoms with E-state index in [-0.39, 0.29) is 0 Å². The molecule has 0 N–H and O–H groups in total. The first-order valence-electron chi connectivity index (χ1n) is 3.91. The third-order valence-electron chi connectivity index (χ3n) is 1.83. The Morgan fingerprint density at radius 2 is 2.20 bits per heavy atom. The van der Waals surface area contributed by atoms with Gasteiger partial charge < -0.3 is 4.74 Å². The first-order valence-corrected chi connectivity index (χ1v) is 3.91. The van der Waals surface area contributed by atoms with E-state index in [1.807, 2.05) is 6.92 Å². The van der Waals surface area contributed by atoms with E-state index in [2.05, 4.69) is 19.9 Å². The predicted molar refractivity (Wildman–Crippen MR) is 44.8 cm³/mol. The van der Waals surface area contributed by atoms with Gasteiger partial charge in [0.15, 0.2) is 0 Å². The Kier molecular flexibility index (Phi) is 5.09. The van der Waals surface area contributed by atoms with Crippen LogP contribution >= 0.6 is 0 Å². The third-order valence-corrected chi connectivity index (χ3v) is 1.83. The van der Waals surface area contributed by atoms with E-state index in [0.717, 1.165) is 18.1 Å². The molecule has 1 atom stereocenters. The first-order chi connectivity index (χ1) is 4.70. The summed E-state index contributed by atoms with van der Waals surface area (Å²) in [6.45, 7) is 6.45. The number of ether oxygens (including phenoxy) is 1. The molecule has 0 fully saturated rings. The summed E-state index contributed by atoms with van der Waals surface area (Å²) in [6, 6.07) is 0. The number of allylic oxidation sites excluding steroid dienone is 2. The van der Waals surface area contributed by atoms with Crippen molar-refractivity contribution in [3.05, 3.63) is 11.8 Å². The Morgan fingerprint density at radius 1 is 1.60 bits per heavy atom. The fourth-order valence-corrected chi connectivity index (χ4v) is 0.617. The number of rotatable bonds is 4. The van der Waals surface area contributed by atoms with Crippen molar-refractivity contribution in [3.63, 3.8) is 0 Å². The van der Waals surface area contributed by atoms with E-state index >= 15 is 0 Å². The van der Waals surface area contributed by atoms with Gasteiger partial charge in [0.2, 0.25) is 0 Å². The van der Waals surface area contributed by atoms with E-state index in [4.69, 9.17) is 4.74 Å². The minimum Gasteiger partial charge on any atom is -0.502 e. The second-order valence-electron chi connectivity index (χ2n) is 2.77. The van der Waals surface area contributed by atoms with Gasteiger partial charge in [-0.15, -0.1) is 0 Å². The highest BCUT2D eigenvalue weighted by atomic mass is 16.5. The second-order valence-corrected chi connectivity index (χ2v) is 2.77. The molecule has 1 unspecified atom stereocenters. The van der Waals surface area contributed by atoms with E-state index in [9.17, 15) is 0 Å². The maximum absolute atomic E-state index is 5.01. The lowest BCUT2D eigenvalue weighted by Gasteiger charge is -2.04. The van der Waals surface area contributed by atoms with Gasteiger partial charge in [0.1, 0.15) is 0 Å². The SMILES string of the molecule is CCC(C)CC=C(C)OC. The average Bonchev–Trinajstić information content (AvgIpc) is 1.99. The molecule has 0 amide bonds. The molecule has 0 aliphatic heterocycles. The topological polar surface area (TPSA) is 9.23 Å². The van der Waals surface area contributed by atoms with Crippen molar-refractivity contribution < 1.29 is 4.74 Å². The molecule has 0 bridgehead atoms. The molecule has 0 heterocycles. The van der Waals surface area contributed by atoms with Gasteiger partial charge in [-0.2, -0.15) is 0 Å². The van der Waals surface area contributed by atoms with Gasteiger partial charge >= 0.3 is 0 Å². The fraction of sp³-hybridized carbons (Fsp3) is 0.778. The van der Waals surface area contributed by atoms with Gasteiger partial charge in [0.25, 0.3) is 0 Å². The fourth-order valence-electron chi connectivity index (χ4n) is 0.617. The van der Waals surface area contributed by atoms with E-state index in [1.54, 1.807) is 7.11 Å². The molecule has 0 aromatic carbocycles. The zero-order valence-corrected chi connectivity index (χ0v) is 7.48. The Labute approximate surface area is 64.1 Å². The number of methoxy groups -OCH3 is 1. The van der Waals surface area contributed by atoms with Gasteiger partial charge in [-0.3, -0.25) is 0 Å². The molecule has 0 spiro atoms. The highest BCUT2D eigenvalue weighted by Crippen LogP contribution is 2.08. The molecule has 60 valence electrons. The zero-order valence-electron chi connectivity index (χ0n) is 7.48. The molecule has 0 rings (SSSR count). The van der Waals surface area contributed by atoms with E-state index < -0.39 is 0 Å². The number of hydrogen-bond acceptors (Lipinski definition) is 1. The lowest BCUT2D eigenvalue weighted by Crippen LogP contribution is -1.89. The Balaban J connectivity index is 3.50. The minimum absolute atomic E-state index is 0.782. The Hall–Kier alpha value is -0.460. The standard InChI is InChI=1S/C9H18O/c1-5-8(2)6-7-9(3)10-4/h7-8H,5-6H2,1-4H3. The summed E-state index contributed by atoms with van der Waals surface area (Å²) in [5.74, 6) is 1.81. The predicted octanol–water partition coefficient (Wildman–Crippen LogP) is 2.97. The van der Waals surface area contributed by atoms with Crippen molar-refractivity contribution in [2.45, 2.75) is 33.6 Å². The third kappa shape index (κ3) is 4.42. The summed E-state index contributed by atoms with van der Waals surface area (Å²) in [6.07, 6.45) is 4.53. The van der Waals surface area contributed by atoms with Gasteiger partial charge in [-0.25, -0.2) is 0 Å². The van der Waals surface area contributed by atoms with E-state index in [1.165, 1.54) is 6.42 Å². The molecule has 0 aliphatic rings. The van der Waals surface area contributed by atoms with Crippen molar-refractivity contribution >= 4 is 0 Å². The molecule has 0 saturated carbocycles. The van der Waals surface area contributed by atoms with Crippen LogP contribution in [0.25, 0.3) is 0 Å². The van der Waals surface area contributed by atoms with Crippen molar-refractivity contribution in [2.75, 3.05) is 7.11 Å². The van der Waals surface area contributed by atoms with Crippen LogP contribution in [-0.4, -0.2) is 7.11 Å². The highest BCUT2D eigenvalue weighted by molar-refractivity contribution is 4.88. The summed E-state index contributed by atoms with van der Waals surface area (Å²) >= 11 is 0. The van der Waals surface area contributed by atoms with Crippen LogP contribution in [0, 0.1) is 5.92 Å². The Morgan fingerprint density at radius 3 is 2.60 bits per heavy atom. The van der Waals surface area contributed by atoms with Crippen LogP contribution in [0.3, 0.4) is 0 Å². The second kappa shape index (κ2) is 5.33. The van der Waals surface area contributed by atoms with Crippen LogP contribution < -0.4 is 0 Å². The van der Waals surface area contributed by atoms with Crippen molar-refractivity contribution in [2.24, 2.45) is 5.92 Å². The lowest BCUT2D eigenvalue weighted by molar-refractivity contribution is 0.290. The van der Waals surface area contributed by atoms with Crippen molar-refractivity contribution in [1.29, 1.82) is 0 Å². The van der Waals surface area contributed by atoms with Crippen LogP contribution in [0.5, 0.6) is 0 Å². The monoisotopic (exact) mass is 142 g/mol. The molecule has 1 heteroatoms. The lowest BCUT2D eigenvalue weighted by atomic mass is 10.1. The Bertz CT molecular complexity index is 105. The largest absolute Gasteiger partial charge is 0.502 e. The maximum atomic E-state index is 5.01. The quantitative estimate of drug-likeness (QED) is 0.548. The first kappa shape index (κ1) is 9.54. The van der Waals surface area contributed by atoms with Gasteiger partial charge in [-0.05, 0) is 25.3 Å². The molecule has 0 aliphatic carbocycles. The van der Waals surface area contributed by atoms with Crippen molar-refractivity contribution in [1.82, 2.24) is 0 Å². The molecular weight excluding hydrogens is 124 g/mol. The van der Waals surface area contributed by atoms with Gasteiger partial charge in [-0.1, -0.05) is 20.3 Å². The van der Waals surface area contributed by atoms with Crippen LogP contribution in [-0.2, 0) is 4.74 Å². The summed E-state index contributed by atoms with van der Waals surface area (Å²) in [4.78, 5) is 0. The highest BCUT2D eigenvalue weighted by Gasteiger charge is 1.94. The van der Waals surface area contributed by atoms with Crippen LogP contribution in [0.15, 0.2) is 11.8 Å². The summed E-state index contributed by atoms with van der Waals surface area (Å²) in [5, 5.41) is 0. The van der Waals surface area contributed by atoms with Gasteiger partial charge in [0.05, 0.1) is 12.9 Å². The van der Waals surface area contributed by atoms with Crippen LogP contribution in [0.1, 0.15) is 33.6 Å². The smallest absolute Gasteiger partial charge is 0.0884 e. The number of hydrogen-bond donors (Lipinski definition) is 0. The van der Waals surface area contributed by atoms with Crippen LogP contribution in [0.2, 0.25) is 0 Å². The molecule has 0 aromatic rings. The molecule has 10 heavy (non-hydrogen) atoms. The summed E-state index contributed by atoms with van der Waals surface area (Å²) in [5.41, 5.74) is 0. The zero-order chi connectivity index (χ0) is 7.98.